The van der Waals surface area contributed by atoms with Crippen LogP contribution >= 0.6 is 0 Å². The van der Waals surface area contributed by atoms with Crippen LogP contribution < -0.4 is 0 Å². The smallest absolute Gasteiger partial charge is 0.450 e. The van der Waals surface area contributed by atoms with Crippen molar-refractivity contribution in [2.24, 2.45) is 5.92 Å². The van der Waals surface area contributed by atoms with Crippen LogP contribution in [0.1, 0.15) is 26.7 Å². The van der Waals surface area contributed by atoms with Gasteiger partial charge >= 0.3 is 12.3 Å². The van der Waals surface area contributed by atoms with Crippen molar-refractivity contribution in [3.63, 3.8) is 0 Å². The van der Waals surface area contributed by atoms with Gasteiger partial charge in [0.25, 0.3) is 0 Å². The maximum absolute atomic E-state index is 8.56. The van der Waals surface area contributed by atoms with E-state index < -0.39 is 12.3 Å². The van der Waals surface area contributed by atoms with E-state index in [1.54, 1.807) is 0 Å². The Bertz CT molecular complexity index is 147. The number of rotatable bonds is 4. The van der Waals surface area contributed by atoms with Gasteiger partial charge in [0.05, 0.1) is 6.61 Å². The topological polar surface area (TPSA) is 145 Å². The predicted molar refractivity (Wildman–Crippen MR) is 54.0 cm³/mol. The lowest BCUT2D eigenvalue weighted by molar-refractivity contribution is -0.243. The maximum Gasteiger partial charge on any atom is 0.503 e. The fraction of sp³-hybridized carbons (Fsp3) is 0.750. The molecule has 0 radical (unpaired) electrons. The molecule has 0 saturated heterocycles. The van der Waals surface area contributed by atoms with Crippen molar-refractivity contribution < 1.29 is 40.2 Å². The van der Waals surface area contributed by atoms with E-state index in [0.717, 1.165) is 12.8 Å². The van der Waals surface area contributed by atoms with Gasteiger partial charge in [-0.15, -0.1) is 0 Å². The molecular formula is C8H18O8. The first-order valence-corrected chi connectivity index (χ1v) is 4.34. The summed E-state index contributed by atoms with van der Waals surface area (Å²) in [7, 11) is 0. The number of carboxylic acid groups (broad SMARTS) is 4. The van der Waals surface area contributed by atoms with Crippen LogP contribution in [0.4, 0.5) is 9.59 Å². The Morgan fingerprint density at radius 3 is 1.56 bits per heavy atom. The largest absolute Gasteiger partial charge is 0.503 e. The second-order valence-corrected chi connectivity index (χ2v) is 2.93. The van der Waals surface area contributed by atoms with Gasteiger partial charge in [-0.25, -0.2) is 14.5 Å². The van der Waals surface area contributed by atoms with Gasteiger partial charge in [-0.05, 0) is 18.8 Å². The summed E-state index contributed by atoms with van der Waals surface area (Å²) in [6, 6.07) is 0. The molecule has 0 aliphatic rings. The Labute approximate surface area is 92.6 Å². The molecule has 8 nitrogen and oxygen atoms in total. The van der Waals surface area contributed by atoms with Crippen molar-refractivity contribution in [1.29, 1.82) is 0 Å². The van der Waals surface area contributed by atoms with Crippen molar-refractivity contribution in [3.05, 3.63) is 0 Å². The quantitative estimate of drug-likeness (QED) is 0.287. The summed E-state index contributed by atoms with van der Waals surface area (Å²) in [5, 5.41) is 35.8. The highest BCUT2D eigenvalue weighted by atomic mass is 17.1. The van der Waals surface area contributed by atoms with Crippen molar-refractivity contribution >= 4 is 12.3 Å². The van der Waals surface area contributed by atoms with E-state index in [4.69, 9.17) is 35.3 Å². The Kier molecular flexibility index (Phi) is 19.8. The molecule has 16 heavy (non-hydrogen) atoms. The Balaban J connectivity index is -0.000000179. The lowest BCUT2D eigenvalue weighted by Gasteiger charge is -2.00. The van der Waals surface area contributed by atoms with E-state index in [1.807, 2.05) is 0 Å². The molecule has 0 rings (SSSR count). The van der Waals surface area contributed by atoms with Crippen molar-refractivity contribution in [2.75, 3.05) is 6.61 Å². The van der Waals surface area contributed by atoms with Gasteiger partial charge in [-0.3, -0.25) is 5.26 Å². The molecule has 0 fully saturated rings. The zero-order valence-corrected chi connectivity index (χ0v) is 9.16. The third-order valence-corrected chi connectivity index (χ3v) is 1.02. The summed E-state index contributed by atoms with van der Waals surface area (Å²) in [4.78, 5) is 21.0. The zero-order chi connectivity index (χ0) is 13.6. The monoisotopic (exact) mass is 242 g/mol. The van der Waals surface area contributed by atoms with Crippen LogP contribution in [0.3, 0.4) is 0 Å². The Hall–Kier alpha value is -1.54. The Morgan fingerprint density at radius 2 is 1.38 bits per heavy atom. The zero-order valence-electron chi connectivity index (χ0n) is 9.16. The fourth-order valence-corrected chi connectivity index (χ4v) is 0.556. The van der Waals surface area contributed by atoms with Gasteiger partial charge in [-0.1, -0.05) is 13.8 Å². The van der Waals surface area contributed by atoms with Gasteiger partial charge in [-0.2, -0.15) is 0 Å². The van der Waals surface area contributed by atoms with Crippen LogP contribution in [0.25, 0.3) is 0 Å². The first-order chi connectivity index (χ1) is 7.23. The minimum Gasteiger partial charge on any atom is -0.450 e. The van der Waals surface area contributed by atoms with E-state index in [0.29, 0.717) is 12.5 Å². The molecule has 98 valence electrons. The normalized spacial score (nSPS) is 8.25. The van der Waals surface area contributed by atoms with Crippen LogP contribution in [0.15, 0.2) is 0 Å². The van der Waals surface area contributed by atoms with E-state index in [1.165, 1.54) is 0 Å². The average molecular weight is 242 g/mol. The average Bonchev–Trinajstić information content (AvgIpc) is 2.01. The molecular weight excluding hydrogens is 224 g/mol. The summed E-state index contributed by atoms with van der Waals surface area (Å²) in [6.07, 6.45) is -1.59. The second-order valence-electron chi connectivity index (χ2n) is 2.93. The molecule has 0 spiro atoms. The highest BCUT2D eigenvalue weighted by molar-refractivity contribution is 5.53. The maximum atomic E-state index is 8.56. The van der Waals surface area contributed by atoms with Gasteiger partial charge < -0.3 is 20.4 Å². The molecule has 0 saturated carbocycles. The summed E-state index contributed by atoms with van der Waals surface area (Å²) in [5.74, 6) is 0.713. The molecule has 0 unspecified atom stereocenters. The molecule has 0 aromatic heterocycles. The van der Waals surface area contributed by atoms with E-state index in [2.05, 4.69) is 18.7 Å². The lowest BCUT2D eigenvalue weighted by Crippen LogP contribution is -1.92. The Morgan fingerprint density at radius 1 is 1.06 bits per heavy atom. The summed E-state index contributed by atoms with van der Waals surface area (Å²) >= 11 is 0. The van der Waals surface area contributed by atoms with Crippen LogP contribution in [0, 0.1) is 5.92 Å². The molecule has 0 aromatic carbocycles. The van der Waals surface area contributed by atoms with Crippen molar-refractivity contribution in [2.45, 2.75) is 26.7 Å². The summed E-state index contributed by atoms with van der Waals surface area (Å²) in [5.41, 5.74) is 0. The van der Waals surface area contributed by atoms with E-state index in [-0.39, 0.29) is 0 Å². The van der Waals surface area contributed by atoms with Crippen LogP contribution in [-0.4, -0.2) is 44.6 Å². The minimum absolute atomic E-state index is 0.470. The van der Waals surface area contributed by atoms with Crippen molar-refractivity contribution in [1.82, 2.24) is 0 Å². The van der Waals surface area contributed by atoms with Crippen molar-refractivity contribution in [3.8, 4) is 0 Å². The molecule has 8 heteroatoms. The molecule has 5 N–H and O–H groups in total. The SMILES string of the molecule is CC(C)CCCOO.O=C(O)O.O=C(O)O. The number of hydrogen-bond donors (Lipinski definition) is 5. The molecule has 0 aliphatic heterocycles. The first-order valence-electron chi connectivity index (χ1n) is 4.34. The molecule has 0 heterocycles. The van der Waals surface area contributed by atoms with Crippen LogP contribution in [-0.2, 0) is 4.89 Å². The van der Waals surface area contributed by atoms with Crippen LogP contribution in [0.5, 0.6) is 0 Å². The van der Waals surface area contributed by atoms with Gasteiger partial charge in [0.1, 0.15) is 0 Å². The number of carbonyl (C=O) groups is 2. The van der Waals surface area contributed by atoms with E-state index in [9.17, 15) is 0 Å². The highest BCUT2D eigenvalue weighted by Crippen LogP contribution is 2.01. The van der Waals surface area contributed by atoms with E-state index >= 15 is 0 Å². The summed E-state index contributed by atoms with van der Waals surface area (Å²) < 4.78 is 0. The molecule has 0 aliphatic carbocycles. The van der Waals surface area contributed by atoms with Gasteiger partial charge in [0.15, 0.2) is 0 Å². The number of hydrogen-bond acceptors (Lipinski definition) is 4. The lowest BCUT2D eigenvalue weighted by atomic mass is 10.1. The second kappa shape index (κ2) is 15.9. The van der Waals surface area contributed by atoms with Crippen LogP contribution in [0.2, 0.25) is 0 Å². The predicted octanol–water partition coefficient (Wildman–Crippen LogP) is 2.36. The first kappa shape index (κ1) is 19.9. The van der Waals surface area contributed by atoms with Gasteiger partial charge in [0, 0.05) is 0 Å². The van der Waals surface area contributed by atoms with Gasteiger partial charge in [0.2, 0.25) is 0 Å². The molecule has 0 bridgehead atoms. The molecule has 0 aromatic rings. The fourth-order valence-electron chi connectivity index (χ4n) is 0.556. The summed E-state index contributed by atoms with van der Waals surface area (Å²) in [6.45, 7) is 4.77. The molecule has 0 atom stereocenters. The third-order valence-electron chi connectivity index (χ3n) is 1.02. The standard InChI is InChI=1S/C6H14O2.2CH2O3/c1-6(2)4-3-5-8-7;2*2-1(3)4/h6-7H,3-5H2,1-2H3;2*(H2,2,3,4). The third kappa shape index (κ3) is 137. The minimum atomic E-state index is -1.83. The highest BCUT2D eigenvalue weighted by Gasteiger charge is 1.91. The molecule has 0 amide bonds.